The average molecular weight is 389 g/mol. The average Bonchev–Trinajstić information content (AvgIpc) is 3.26. The van der Waals surface area contributed by atoms with Crippen molar-refractivity contribution < 1.29 is 14.3 Å². The Labute approximate surface area is 162 Å². The van der Waals surface area contributed by atoms with Gasteiger partial charge in [0.05, 0.1) is 20.8 Å². The number of ether oxygens (including phenoxy) is 2. The van der Waals surface area contributed by atoms with Gasteiger partial charge < -0.3 is 25.0 Å². The highest BCUT2D eigenvalue weighted by Crippen LogP contribution is 2.22. The lowest BCUT2D eigenvalue weighted by atomic mass is 10.1. The van der Waals surface area contributed by atoms with E-state index in [-0.39, 0.29) is 0 Å². The molecule has 0 aliphatic carbocycles. The lowest BCUT2D eigenvalue weighted by Gasteiger charge is -2.35. The molecule has 0 amide bonds. The lowest BCUT2D eigenvalue weighted by molar-refractivity contribution is 0.0597. The molecule has 2 aromatic rings. The van der Waals surface area contributed by atoms with Crippen molar-refractivity contribution in [3.8, 4) is 5.75 Å². The van der Waals surface area contributed by atoms with E-state index in [1.54, 1.807) is 23.5 Å². The Balaban J connectivity index is 1.60. The maximum atomic E-state index is 11.7. The molecule has 0 bridgehead atoms. The van der Waals surface area contributed by atoms with Crippen LogP contribution in [0.5, 0.6) is 5.75 Å². The molecule has 144 valence electrons. The van der Waals surface area contributed by atoms with Crippen molar-refractivity contribution in [3.63, 3.8) is 0 Å². The van der Waals surface area contributed by atoms with Crippen LogP contribution in [0, 0.1) is 0 Å². The summed E-state index contributed by atoms with van der Waals surface area (Å²) < 4.78 is 10.0. The molecule has 1 fully saturated rings. The third-order valence-electron chi connectivity index (χ3n) is 4.39. The molecule has 0 spiro atoms. The van der Waals surface area contributed by atoms with Crippen LogP contribution in [0.25, 0.3) is 0 Å². The molecule has 27 heavy (non-hydrogen) atoms. The van der Waals surface area contributed by atoms with E-state index in [2.05, 4.69) is 19.8 Å². The molecule has 1 aromatic heterocycles. The third-order valence-corrected chi connectivity index (χ3v) is 5.22. The smallest absolute Gasteiger partial charge is 0.341 e. The fourth-order valence-electron chi connectivity index (χ4n) is 2.88. The van der Waals surface area contributed by atoms with Crippen molar-refractivity contribution in [3.05, 3.63) is 40.9 Å². The van der Waals surface area contributed by atoms with Crippen LogP contribution >= 0.6 is 11.3 Å². The molecule has 3 rings (SSSR count). The quantitative estimate of drug-likeness (QED) is 0.471. The summed E-state index contributed by atoms with van der Waals surface area (Å²) in [6, 6.07) is 5.29. The second-order valence-electron chi connectivity index (χ2n) is 5.99. The zero-order valence-corrected chi connectivity index (χ0v) is 16.2. The van der Waals surface area contributed by atoms with E-state index >= 15 is 0 Å². The van der Waals surface area contributed by atoms with E-state index in [1.165, 1.54) is 14.2 Å². The van der Waals surface area contributed by atoms with Crippen LogP contribution in [0.15, 0.2) is 34.8 Å². The minimum atomic E-state index is -0.431. The highest BCUT2D eigenvalue weighted by Gasteiger charge is 2.20. The van der Waals surface area contributed by atoms with Gasteiger partial charge >= 0.3 is 5.97 Å². The van der Waals surface area contributed by atoms with Crippen LogP contribution < -0.4 is 15.4 Å². The van der Waals surface area contributed by atoms with E-state index in [9.17, 15) is 4.79 Å². The molecule has 9 heteroatoms. The number of guanidine groups is 1. The Morgan fingerprint density at radius 2 is 2.07 bits per heavy atom. The van der Waals surface area contributed by atoms with Crippen molar-refractivity contribution in [2.24, 2.45) is 10.7 Å². The predicted molar refractivity (Wildman–Crippen MR) is 106 cm³/mol. The Morgan fingerprint density at radius 3 is 2.70 bits per heavy atom. The fourth-order valence-corrected chi connectivity index (χ4v) is 3.58. The van der Waals surface area contributed by atoms with Gasteiger partial charge in [0.2, 0.25) is 0 Å². The summed E-state index contributed by atoms with van der Waals surface area (Å²) in [6.45, 7) is 3.76. The number of thiazole rings is 1. The van der Waals surface area contributed by atoms with Gasteiger partial charge in [0, 0.05) is 37.8 Å². The highest BCUT2D eigenvalue weighted by molar-refractivity contribution is 7.13. The summed E-state index contributed by atoms with van der Waals surface area (Å²) in [7, 11) is 2.86. The predicted octanol–water partition coefficient (Wildman–Crippen LogP) is 1.58. The molecule has 0 atom stereocenters. The Kier molecular flexibility index (Phi) is 6.12. The number of methoxy groups -OCH3 is 2. The van der Waals surface area contributed by atoms with Gasteiger partial charge in [-0.2, -0.15) is 0 Å². The van der Waals surface area contributed by atoms with Crippen LogP contribution in [0.3, 0.4) is 0 Å². The first-order chi connectivity index (χ1) is 13.1. The van der Waals surface area contributed by atoms with E-state index in [4.69, 9.17) is 15.2 Å². The molecule has 0 unspecified atom stereocenters. The Hall–Kier alpha value is -2.81. The molecule has 1 saturated heterocycles. The number of benzene rings is 1. The molecular weight excluding hydrogens is 366 g/mol. The fraction of sp³-hybridized carbons (Fsp3) is 0.389. The van der Waals surface area contributed by atoms with Crippen LogP contribution in [0.4, 0.5) is 5.13 Å². The first-order valence-electron chi connectivity index (χ1n) is 8.57. The number of aliphatic imine (C=N–C) groups is 1. The van der Waals surface area contributed by atoms with Gasteiger partial charge in [-0.1, -0.05) is 6.07 Å². The summed E-state index contributed by atoms with van der Waals surface area (Å²) >= 11 is 1.64. The molecule has 1 aliphatic heterocycles. The zero-order chi connectivity index (χ0) is 19.2. The van der Waals surface area contributed by atoms with E-state index in [1.807, 2.05) is 17.6 Å². The van der Waals surface area contributed by atoms with Gasteiger partial charge in [-0.15, -0.1) is 11.3 Å². The minimum Gasteiger partial charge on any atom is -0.496 e. The Morgan fingerprint density at radius 1 is 1.30 bits per heavy atom. The SMILES string of the molecule is COC(=O)c1ccc(CN=C(N)N2CCN(c3nccs3)CC2)cc1OC. The number of carbonyl (C=O) groups excluding carboxylic acids is 1. The monoisotopic (exact) mass is 389 g/mol. The standard InChI is InChI=1S/C18H23N5O3S/c1-25-15-11-13(3-4-14(15)16(24)26-2)12-21-17(19)22-6-8-23(9-7-22)18-20-5-10-27-18/h3-5,10-11H,6-9,12H2,1-2H3,(H2,19,21). The van der Waals surface area contributed by atoms with Crippen molar-refractivity contribution >= 4 is 28.4 Å². The van der Waals surface area contributed by atoms with Crippen LogP contribution in [-0.4, -0.2) is 62.2 Å². The molecule has 1 aromatic carbocycles. The maximum absolute atomic E-state index is 11.7. The molecule has 1 aliphatic rings. The summed E-state index contributed by atoms with van der Waals surface area (Å²) in [5, 5.41) is 3.03. The lowest BCUT2D eigenvalue weighted by Crippen LogP contribution is -2.51. The first kappa shape index (κ1) is 19.0. The molecule has 2 N–H and O–H groups in total. The van der Waals surface area contributed by atoms with Crippen LogP contribution in [0.1, 0.15) is 15.9 Å². The summed E-state index contributed by atoms with van der Waals surface area (Å²) in [6.07, 6.45) is 1.82. The number of hydrogen-bond donors (Lipinski definition) is 1. The summed E-state index contributed by atoms with van der Waals surface area (Å²) in [4.78, 5) is 24.9. The van der Waals surface area contributed by atoms with Gasteiger partial charge in [0.1, 0.15) is 11.3 Å². The number of nitrogens with zero attached hydrogens (tertiary/aromatic N) is 4. The number of esters is 1. The highest BCUT2D eigenvalue weighted by atomic mass is 32.1. The summed E-state index contributed by atoms with van der Waals surface area (Å²) in [5.74, 6) is 0.550. The van der Waals surface area contributed by atoms with E-state index in [0.717, 1.165) is 36.9 Å². The van der Waals surface area contributed by atoms with Gasteiger partial charge in [-0.25, -0.2) is 14.8 Å². The first-order valence-corrected chi connectivity index (χ1v) is 9.45. The van der Waals surface area contributed by atoms with Gasteiger partial charge in [0.25, 0.3) is 0 Å². The summed E-state index contributed by atoms with van der Waals surface area (Å²) in [5.41, 5.74) is 7.46. The van der Waals surface area contributed by atoms with E-state index < -0.39 is 5.97 Å². The second kappa shape index (κ2) is 8.72. The van der Waals surface area contributed by atoms with Crippen molar-refractivity contribution in [2.45, 2.75) is 6.54 Å². The largest absolute Gasteiger partial charge is 0.496 e. The van der Waals surface area contributed by atoms with Crippen molar-refractivity contribution in [2.75, 3.05) is 45.3 Å². The van der Waals surface area contributed by atoms with Gasteiger partial charge in [0.15, 0.2) is 11.1 Å². The van der Waals surface area contributed by atoms with Crippen molar-refractivity contribution in [1.29, 1.82) is 0 Å². The van der Waals surface area contributed by atoms with Gasteiger partial charge in [-0.05, 0) is 17.7 Å². The Bertz CT molecular complexity index is 801. The molecule has 0 saturated carbocycles. The number of hydrogen-bond acceptors (Lipinski definition) is 7. The molecule has 2 heterocycles. The van der Waals surface area contributed by atoms with Crippen molar-refractivity contribution in [1.82, 2.24) is 9.88 Å². The normalized spacial score (nSPS) is 15.0. The number of rotatable bonds is 5. The second-order valence-corrected chi connectivity index (χ2v) is 6.86. The minimum absolute atomic E-state index is 0.388. The van der Waals surface area contributed by atoms with Gasteiger partial charge in [-0.3, -0.25) is 0 Å². The zero-order valence-electron chi connectivity index (χ0n) is 15.4. The number of nitrogens with two attached hydrogens (primary N) is 1. The van der Waals surface area contributed by atoms with Crippen LogP contribution in [-0.2, 0) is 11.3 Å². The number of aromatic nitrogens is 1. The number of piperazine rings is 1. The number of anilines is 1. The maximum Gasteiger partial charge on any atom is 0.341 e. The third kappa shape index (κ3) is 4.48. The van der Waals surface area contributed by atoms with E-state index in [0.29, 0.717) is 23.8 Å². The van der Waals surface area contributed by atoms with Crippen LogP contribution in [0.2, 0.25) is 0 Å². The molecular formula is C18H23N5O3S. The topological polar surface area (TPSA) is 93.3 Å². The molecule has 8 nitrogen and oxygen atoms in total. The number of carbonyl (C=O) groups is 1. The molecule has 0 radical (unpaired) electrons.